The fourth-order valence-electron chi connectivity index (χ4n) is 3.22. The molecule has 4 nitrogen and oxygen atoms in total. The fraction of sp³-hybridized carbons (Fsp3) is 0.278. The van der Waals surface area contributed by atoms with E-state index in [0.717, 1.165) is 11.3 Å². The molecule has 1 unspecified atom stereocenters. The van der Waals surface area contributed by atoms with Crippen molar-refractivity contribution in [3.63, 3.8) is 0 Å². The summed E-state index contributed by atoms with van der Waals surface area (Å²) in [4.78, 5) is 21.3. The van der Waals surface area contributed by atoms with Crippen molar-refractivity contribution in [3.05, 3.63) is 58.8 Å². The summed E-state index contributed by atoms with van der Waals surface area (Å²) in [6.07, 6.45) is -2.52. The molecule has 0 saturated heterocycles. The van der Waals surface area contributed by atoms with Gasteiger partial charge in [-0.05, 0) is 30.7 Å². The second kappa shape index (κ2) is 5.68. The topological polar surface area (TPSA) is 47.8 Å². The predicted octanol–water partition coefficient (Wildman–Crippen LogP) is 3.58. The van der Waals surface area contributed by atoms with Gasteiger partial charge < -0.3 is 0 Å². The van der Waals surface area contributed by atoms with Gasteiger partial charge in [-0.25, -0.2) is 4.98 Å². The molecule has 1 aromatic carbocycles. The van der Waals surface area contributed by atoms with Crippen LogP contribution in [0.2, 0.25) is 0 Å². The van der Waals surface area contributed by atoms with Crippen molar-refractivity contribution in [1.29, 1.82) is 0 Å². The third kappa shape index (κ3) is 2.79. The molecule has 3 aromatic rings. The number of halogens is 3. The predicted molar refractivity (Wildman–Crippen MR) is 87.1 cm³/mol. The van der Waals surface area contributed by atoms with Crippen LogP contribution in [0, 0.1) is 5.92 Å². The van der Waals surface area contributed by atoms with Crippen LogP contribution in [0.4, 0.5) is 13.2 Å². The van der Waals surface area contributed by atoms with E-state index in [9.17, 15) is 18.0 Å². The Kier molecular flexibility index (Phi) is 3.59. The highest BCUT2D eigenvalue weighted by atomic mass is 19.4. The zero-order valence-corrected chi connectivity index (χ0v) is 13.1. The summed E-state index contributed by atoms with van der Waals surface area (Å²) in [6.45, 7) is -0.359. The number of hydrogen-bond acceptors (Lipinski definition) is 3. The van der Waals surface area contributed by atoms with Crippen LogP contribution in [0.25, 0.3) is 22.2 Å². The summed E-state index contributed by atoms with van der Waals surface area (Å²) >= 11 is 0. The molecule has 1 aliphatic rings. The second-order valence-corrected chi connectivity index (χ2v) is 6.17. The largest absolute Gasteiger partial charge is 0.393 e. The van der Waals surface area contributed by atoms with Gasteiger partial charge in [0.2, 0.25) is 0 Å². The van der Waals surface area contributed by atoms with Gasteiger partial charge in [0.15, 0.2) is 0 Å². The van der Waals surface area contributed by atoms with Gasteiger partial charge in [-0.15, -0.1) is 0 Å². The second-order valence-electron chi connectivity index (χ2n) is 6.17. The Morgan fingerprint density at radius 2 is 2.00 bits per heavy atom. The third-order valence-electron chi connectivity index (χ3n) is 4.58. The Labute approximate surface area is 141 Å². The fourth-order valence-corrected chi connectivity index (χ4v) is 3.22. The molecule has 0 N–H and O–H groups in total. The molecule has 4 rings (SSSR count). The van der Waals surface area contributed by atoms with Gasteiger partial charge in [0.1, 0.15) is 5.82 Å². The van der Waals surface area contributed by atoms with Crippen LogP contribution < -0.4 is 5.56 Å². The van der Waals surface area contributed by atoms with E-state index in [-0.39, 0.29) is 19.4 Å². The quantitative estimate of drug-likeness (QED) is 0.677. The van der Waals surface area contributed by atoms with Crippen molar-refractivity contribution in [1.82, 2.24) is 14.5 Å². The standard InChI is InChI=1S/C18H14F3N3O/c19-18(20,21)12-5-7-16-23-15-9-11(14-3-1-2-8-22-14)4-6-13(15)17(25)24(16)10-12/h1-4,6,8-9,12H,5,7,10H2. The summed E-state index contributed by atoms with van der Waals surface area (Å²) in [6, 6.07) is 10.6. The Balaban J connectivity index is 1.82. The van der Waals surface area contributed by atoms with Crippen LogP contribution in [0.15, 0.2) is 47.4 Å². The molecular formula is C18H14F3N3O. The number of alkyl halides is 3. The van der Waals surface area contributed by atoms with E-state index < -0.39 is 17.7 Å². The van der Waals surface area contributed by atoms with E-state index in [4.69, 9.17) is 0 Å². The number of rotatable bonds is 1. The van der Waals surface area contributed by atoms with Gasteiger partial charge in [0.25, 0.3) is 5.56 Å². The maximum atomic E-state index is 13.0. The summed E-state index contributed by atoms with van der Waals surface area (Å²) in [5.41, 5.74) is 1.64. The highest BCUT2D eigenvalue weighted by Crippen LogP contribution is 2.33. The lowest BCUT2D eigenvalue weighted by atomic mass is 9.98. The molecule has 3 heterocycles. The van der Waals surface area contributed by atoms with Gasteiger partial charge in [0, 0.05) is 24.7 Å². The first-order chi connectivity index (χ1) is 11.9. The van der Waals surface area contributed by atoms with Crippen LogP contribution in [0.3, 0.4) is 0 Å². The Hall–Kier alpha value is -2.70. The Bertz CT molecular complexity index is 996. The number of aryl methyl sites for hydroxylation is 1. The summed E-state index contributed by atoms with van der Waals surface area (Å²) in [5.74, 6) is -1.08. The number of fused-ring (bicyclic) bond motifs is 2. The van der Waals surface area contributed by atoms with E-state index in [0.29, 0.717) is 16.7 Å². The van der Waals surface area contributed by atoms with Gasteiger partial charge >= 0.3 is 6.18 Å². The van der Waals surface area contributed by atoms with Gasteiger partial charge in [0.05, 0.1) is 22.5 Å². The van der Waals surface area contributed by atoms with E-state index >= 15 is 0 Å². The maximum Gasteiger partial charge on any atom is 0.393 e. The average molecular weight is 345 g/mol. The van der Waals surface area contributed by atoms with Gasteiger partial charge in [-0.3, -0.25) is 14.3 Å². The highest BCUT2D eigenvalue weighted by molar-refractivity contribution is 5.83. The molecule has 128 valence electrons. The molecule has 0 bridgehead atoms. The Morgan fingerprint density at radius 3 is 2.72 bits per heavy atom. The van der Waals surface area contributed by atoms with E-state index in [1.165, 1.54) is 4.57 Å². The number of nitrogens with zero attached hydrogens (tertiary/aromatic N) is 3. The first-order valence-electron chi connectivity index (χ1n) is 7.95. The molecule has 0 spiro atoms. The van der Waals surface area contributed by atoms with Crippen molar-refractivity contribution >= 4 is 10.9 Å². The first-order valence-corrected chi connectivity index (χ1v) is 7.95. The number of pyridine rings is 1. The lowest BCUT2D eigenvalue weighted by Crippen LogP contribution is -2.38. The zero-order valence-electron chi connectivity index (χ0n) is 13.1. The monoisotopic (exact) mass is 345 g/mol. The van der Waals surface area contributed by atoms with Gasteiger partial charge in [-0.1, -0.05) is 12.1 Å². The van der Waals surface area contributed by atoms with Crippen LogP contribution in [0.5, 0.6) is 0 Å². The smallest absolute Gasteiger partial charge is 0.296 e. The molecule has 0 amide bonds. The molecule has 0 fully saturated rings. The van der Waals surface area contributed by atoms with E-state index in [2.05, 4.69) is 9.97 Å². The lowest BCUT2D eigenvalue weighted by molar-refractivity contribution is -0.182. The zero-order chi connectivity index (χ0) is 17.6. The minimum atomic E-state index is -4.30. The molecular weight excluding hydrogens is 331 g/mol. The average Bonchev–Trinajstić information content (AvgIpc) is 2.61. The van der Waals surface area contributed by atoms with Crippen molar-refractivity contribution in [2.75, 3.05) is 0 Å². The van der Waals surface area contributed by atoms with Crippen LogP contribution in [-0.2, 0) is 13.0 Å². The molecule has 1 aliphatic heterocycles. The maximum absolute atomic E-state index is 13.0. The van der Waals surface area contributed by atoms with Crippen molar-refractivity contribution in [2.45, 2.75) is 25.6 Å². The molecule has 2 aromatic heterocycles. The highest BCUT2D eigenvalue weighted by Gasteiger charge is 2.41. The summed E-state index contributed by atoms with van der Waals surface area (Å²) < 4.78 is 40.1. The molecule has 0 saturated carbocycles. The van der Waals surface area contributed by atoms with Crippen molar-refractivity contribution in [2.24, 2.45) is 5.92 Å². The normalized spacial score (nSPS) is 17.5. The number of aromatic nitrogens is 3. The molecule has 25 heavy (non-hydrogen) atoms. The molecule has 7 heteroatoms. The minimum Gasteiger partial charge on any atom is -0.296 e. The third-order valence-corrected chi connectivity index (χ3v) is 4.58. The molecule has 0 aliphatic carbocycles. The summed E-state index contributed by atoms with van der Waals surface area (Å²) in [5, 5.41) is 0.325. The van der Waals surface area contributed by atoms with Crippen molar-refractivity contribution in [3.8, 4) is 11.3 Å². The summed E-state index contributed by atoms with van der Waals surface area (Å²) in [7, 11) is 0. The van der Waals surface area contributed by atoms with Crippen LogP contribution >= 0.6 is 0 Å². The van der Waals surface area contributed by atoms with Gasteiger partial charge in [-0.2, -0.15) is 13.2 Å². The number of benzene rings is 1. The SMILES string of the molecule is O=c1c2ccc(-c3ccccn3)cc2nc2n1CC(C(F)(F)F)CC2. The van der Waals surface area contributed by atoms with E-state index in [1.807, 2.05) is 18.2 Å². The van der Waals surface area contributed by atoms with Crippen molar-refractivity contribution < 1.29 is 13.2 Å². The van der Waals surface area contributed by atoms with E-state index in [1.54, 1.807) is 24.4 Å². The van der Waals surface area contributed by atoms with Crippen LogP contribution in [0.1, 0.15) is 12.2 Å². The lowest BCUT2D eigenvalue weighted by Gasteiger charge is -2.27. The minimum absolute atomic E-state index is 0.0403. The Morgan fingerprint density at radius 1 is 1.16 bits per heavy atom. The molecule has 1 atom stereocenters. The molecule has 0 radical (unpaired) electrons. The number of hydrogen-bond donors (Lipinski definition) is 0. The van der Waals surface area contributed by atoms with Crippen LogP contribution in [-0.4, -0.2) is 20.7 Å². The first kappa shape index (κ1) is 15.8.